The number of sulfonamides is 1. The summed E-state index contributed by atoms with van der Waals surface area (Å²) >= 11 is 0. The van der Waals surface area contributed by atoms with Crippen LogP contribution in [0, 0.1) is 0 Å². The topological polar surface area (TPSA) is 71.5 Å². The van der Waals surface area contributed by atoms with Crippen LogP contribution in [0.1, 0.15) is 6.92 Å². The second-order valence-electron chi connectivity index (χ2n) is 3.96. The molecule has 1 aromatic rings. The highest BCUT2D eigenvalue weighted by Crippen LogP contribution is 2.19. The van der Waals surface area contributed by atoms with Crippen molar-refractivity contribution in [2.75, 3.05) is 38.2 Å². The Kier molecular flexibility index (Phi) is 4.15. The fourth-order valence-corrected chi connectivity index (χ4v) is 3.19. The van der Waals surface area contributed by atoms with Gasteiger partial charge in [0.05, 0.1) is 25.1 Å². The molecule has 0 saturated carbocycles. The standard InChI is InChI=1S/C11H17N3O3S/c1-2-13-10-7-11(9-12-8-10)18(15,16)14-3-5-17-6-4-14/h7-9,13H,2-6H2,1H3. The zero-order valence-electron chi connectivity index (χ0n) is 10.3. The number of aromatic nitrogens is 1. The summed E-state index contributed by atoms with van der Waals surface area (Å²) in [4.78, 5) is 4.19. The maximum absolute atomic E-state index is 12.3. The van der Waals surface area contributed by atoms with Gasteiger partial charge in [-0.05, 0) is 13.0 Å². The van der Waals surface area contributed by atoms with Crippen LogP contribution in [0.3, 0.4) is 0 Å². The van der Waals surface area contributed by atoms with Crippen molar-refractivity contribution in [1.29, 1.82) is 0 Å². The monoisotopic (exact) mass is 271 g/mol. The SMILES string of the molecule is CCNc1cncc(S(=O)(=O)N2CCOCC2)c1. The average molecular weight is 271 g/mol. The van der Waals surface area contributed by atoms with Gasteiger partial charge in [0, 0.05) is 25.8 Å². The Morgan fingerprint density at radius 3 is 2.78 bits per heavy atom. The largest absolute Gasteiger partial charge is 0.384 e. The molecule has 0 aromatic carbocycles. The minimum atomic E-state index is -3.45. The van der Waals surface area contributed by atoms with Crippen molar-refractivity contribution in [2.24, 2.45) is 0 Å². The van der Waals surface area contributed by atoms with Crippen LogP contribution in [0.25, 0.3) is 0 Å². The molecule has 1 aliphatic heterocycles. The molecule has 0 amide bonds. The molecule has 1 aliphatic rings. The van der Waals surface area contributed by atoms with Gasteiger partial charge in [-0.25, -0.2) is 8.42 Å². The molecule has 6 nitrogen and oxygen atoms in total. The van der Waals surface area contributed by atoms with E-state index in [4.69, 9.17) is 4.74 Å². The number of pyridine rings is 1. The Hall–Kier alpha value is -1.18. The second kappa shape index (κ2) is 5.64. The molecule has 1 saturated heterocycles. The van der Waals surface area contributed by atoms with Gasteiger partial charge in [-0.15, -0.1) is 0 Å². The summed E-state index contributed by atoms with van der Waals surface area (Å²) in [5, 5.41) is 3.05. The van der Waals surface area contributed by atoms with Gasteiger partial charge >= 0.3 is 0 Å². The molecule has 1 aromatic heterocycles. The van der Waals surface area contributed by atoms with Gasteiger partial charge in [0.15, 0.2) is 0 Å². The molecule has 2 rings (SSSR count). The molecule has 1 fully saturated rings. The van der Waals surface area contributed by atoms with E-state index in [1.165, 1.54) is 10.5 Å². The minimum Gasteiger partial charge on any atom is -0.384 e. The normalized spacial score (nSPS) is 17.6. The van der Waals surface area contributed by atoms with Crippen molar-refractivity contribution in [3.63, 3.8) is 0 Å². The van der Waals surface area contributed by atoms with E-state index in [1.807, 2.05) is 6.92 Å². The number of nitrogens with zero attached hydrogens (tertiary/aromatic N) is 2. The summed E-state index contributed by atoms with van der Waals surface area (Å²) in [6.07, 6.45) is 2.99. The van der Waals surface area contributed by atoms with Crippen LogP contribution >= 0.6 is 0 Å². The van der Waals surface area contributed by atoms with Crippen LogP contribution in [0.2, 0.25) is 0 Å². The maximum Gasteiger partial charge on any atom is 0.244 e. The predicted molar refractivity (Wildman–Crippen MR) is 68.0 cm³/mol. The van der Waals surface area contributed by atoms with Gasteiger partial charge in [0.25, 0.3) is 0 Å². The lowest BCUT2D eigenvalue weighted by Gasteiger charge is -2.26. The van der Waals surface area contributed by atoms with Gasteiger partial charge in [-0.3, -0.25) is 4.98 Å². The minimum absolute atomic E-state index is 0.225. The number of nitrogens with one attached hydrogen (secondary N) is 1. The third-order valence-electron chi connectivity index (χ3n) is 2.70. The summed E-state index contributed by atoms with van der Waals surface area (Å²) in [6, 6.07) is 1.61. The van der Waals surface area contributed by atoms with Crippen LogP contribution in [0.15, 0.2) is 23.4 Å². The van der Waals surface area contributed by atoms with E-state index < -0.39 is 10.0 Å². The van der Waals surface area contributed by atoms with E-state index in [0.29, 0.717) is 32.0 Å². The van der Waals surface area contributed by atoms with Gasteiger partial charge in [0.1, 0.15) is 4.90 Å². The summed E-state index contributed by atoms with van der Waals surface area (Å²) in [5.41, 5.74) is 0.715. The third kappa shape index (κ3) is 2.80. The van der Waals surface area contributed by atoms with Crippen LogP contribution in [-0.2, 0) is 14.8 Å². The van der Waals surface area contributed by atoms with Gasteiger partial charge < -0.3 is 10.1 Å². The molecule has 0 unspecified atom stereocenters. The molecule has 18 heavy (non-hydrogen) atoms. The summed E-state index contributed by atoms with van der Waals surface area (Å²) in [6.45, 7) is 4.35. The molecule has 0 bridgehead atoms. The molecule has 2 heterocycles. The van der Waals surface area contributed by atoms with Crippen molar-refractivity contribution >= 4 is 15.7 Å². The first-order valence-corrected chi connectivity index (χ1v) is 7.35. The zero-order chi connectivity index (χ0) is 13.0. The first-order chi connectivity index (χ1) is 8.64. The molecule has 1 N–H and O–H groups in total. The number of anilines is 1. The molecule has 0 radical (unpaired) electrons. The van der Waals surface area contributed by atoms with Crippen LogP contribution < -0.4 is 5.32 Å². The number of rotatable bonds is 4. The van der Waals surface area contributed by atoms with Crippen molar-refractivity contribution < 1.29 is 13.2 Å². The highest BCUT2D eigenvalue weighted by molar-refractivity contribution is 7.89. The van der Waals surface area contributed by atoms with Crippen LogP contribution in [0.5, 0.6) is 0 Å². The summed E-state index contributed by atoms with van der Waals surface area (Å²) in [7, 11) is -3.45. The Morgan fingerprint density at radius 1 is 1.39 bits per heavy atom. The number of ether oxygens (including phenoxy) is 1. The molecule has 7 heteroatoms. The molecular weight excluding hydrogens is 254 g/mol. The lowest BCUT2D eigenvalue weighted by atomic mass is 10.4. The van der Waals surface area contributed by atoms with Crippen molar-refractivity contribution in [3.05, 3.63) is 18.5 Å². The Bertz CT molecular complexity index is 498. The molecule has 0 spiro atoms. The summed E-state index contributed by atoms with van der Waals surface area (Å²) in [5.74, 6) is 0. The van der Waals surface area contributed by atoms with Gasteiger partial charge in [-0.2, -0.15) is 4.31 Å². The lowest BCUT2D eigenvalue weighted by Crippen LogP contribution is -2.40. The van der Waals surface area contributed by atoms with Gasteiger partial charge in [-0.1, -0.05) is 0 Å². The first-order valence-electron chi connectivity index (χ1n) is 5.91. The Balaban J connectivity index is 2.25. The highest BCUT2D eigenvalue weighted by Gasteiger charge is 2.26. The van der Waals surface area contributed by atoms with Crippen LogP contribution in [-0.4, -0.2) is 50.6 Å². The van der Waals surface area contributed by atoms with Crippen LogP contribution in [0.4, 0.5) is 5.69 Å². The molecule has 0 aliphatic carbocycles. The zero-order valence-corrected chi connectivity index (χ0v) is 11.1. The first kappa shape index (κ1) is 13.3. The lowest BCUT2D eigenvalue weighted by molar-refractivity contribution is 0.0730. The van der Waals surface area contributed by atoms with E-state index in [-0.39, 0.29) is 4.90 Å². The number of hydrogen-bond acceptors (Lipinski definition) is 5. The quantitative estimate of drug-likeness (QED) is 0.865. The molecular formula is C11H17N3O3S. The number of morpholine rings is 1. The molecule has 100 valence electrons. The average Bonchev–Trinajstić information content (AvgIpc) is 2.40. The van der Waals surface area contributed by atoms with Crippen molar-refractivity contribution in [3.8, 4) is 0 Å². The highest BCUT2D eigenvalue weighted by atomic mass is 32.2. The van der Waals surface area contributed by atoms with Crippen molar-refractivity contribution in [2.45, 2.75) is 11.8 Å². The fraction of sp³-hybridized carbons (Fsp3) is 0.545. The van der Waals surface area contributed by atoms with E-state index in [2.05, 4.69) is 10.3 Å². The van der Waals surface area contributed by atoms with E-state index in [1.54, 1.807) is 12.3 Å². The Morgan fingerprint density at radius 2 is 2.11 bits per heavy atom. The van der Waals surface area contributed by atoms with Crippen molar-refractivity contribution in [1.82, 2.24) is 9.29 Å². The predicted octanol–water partition coefficient (Wildman–Crippen LogP) is 0.534. The second-order valence-corrected chi connectivity index (χ2v) is 5.89. The van der Waals surface area contributed by atoms with E-state index in [9.17, 15) is 8.42 Å². The third-order valence-corrected chi connectivity index (χ3v) is 4.57. The van der Waals surface area contributed by atoms with Gasteiger partial charge in [0.2, 0.25) is 10.0 Å². The Labute approximate surface area is 107 Å². The summed E-state index contributed by atoms with van der Waals surface area (Å²) < 4.78 is 31.3. The number of hydrogen-bond donors (Lipinski definition) is 1. The molecule has 0 atom stereocenters. The van der Waals surface area contributed by atoms with E-state index in [0.717, 1.165) is 6.54 Å². The fourth-order valence-electron chi connectivity index (χ4n) is 1.80. The smallest absolute Gasteiger partial charge is 0.244 e. The van der Waals surface area contributed by atoms with E-state index >= 15 is 0 Å². The maximum atomic E-state index is 12.3.